The Labute approximate surface area is 128 Å². The van der Waals surface area contributed by atoms with E-state index in [9.17, 15) is 4.79 Å². The normalized spacial score (nSPS) is 17.2. The minimum Gasteiger partial charge on any atom is -0.451 e. The highest BCUT2D eigenvalue weighted by Gasteiger charge is 2.23. The number of furan rings is 1. The summed E-state index contributed by atoms with van der Waals surface area (Å²) in [6.07, 6.45) is 3.16. The van der Waals surface area contributed by atoms with Gasteiger partial charge < -0.3 is 9.73 Å². The van der Waals surface area contributed by atoms with Gasteiger partial charge in [-0.25, -0.2) is 0 Å². The van der Waals surface area contributed by atoms with Crippen LogP contribution in [-0.2, 0) is 6.42 Å². The van der Waals surface area contributed by atoms with E-state index in [1.165, 1.54) is 11.1 Å². The first-order valence-corrected chi connectivity index (χ1v) is 7.68. The number of amides is 1. The zero-order valence-corrected chi connectivity index (χ0v) is 12.2. The van der Waals surface area contributed by atoms with Gasteiger partial charge >= 0.3 is 0 Å². The number of hydrogen-bond donors (Lipinski definition) is 1. The van der Waals surface area contributed by atoms with Gasteiger partial charge in [-0.15, -0.1) is 0 Å². The number of nitrogens with one attached hydrogen (secondary N) is 1. The van der Waals surface area contributed by atoms with Gasteiger partial charge in [0.15, 0.2) is 5.76 Å². The van der Waals surface area contributed by atoms with E-state index in [0.29, 0.717) is 5.76 Å². The zero-order valence-electron chi connectivity index (χ0n) is 12.2. The number of aryl methyl sites for hydroxylation is 1. The third kappa shape index (κ3) is 2.29. The molecule has 0 bridgehead atoms. The maximum atomic E-state index is 12.5. The second kappa shape index (κ2) is 5.34. The van der Waals surface area contributed by atoms with Crippen molar-refractivity contribution in [3.8, 4) is 0 Å². The van der Waals surface area contributed by atoms with Crippen molar-refractivity contribution in [1.29, 1.82) is 0 Å². The van der Waals surface area contributed by atoms with Crippen LogP contribution < -0.4 is 5.32 Å². The quantitative estimate of drug-likeness (QED) is 0.767. The Kier molecular flexibility index (Phi) is 3.19. The fraction of sp³-hybridized carbons (Fsp3) is 0.211. The molecule has 0 saturated carbocycles. The molecule has 0 fully saturated rings. The first-order valence-electron chi connectivity index (χ1n) is 7.68. The molecule has 3 nitrogen and oxygen atoms in total. The molecule has 22 heavy (non-hydrogen) atoms. The van der Waals surface area contributed by atoms with E-state index in [-0.39, 0.29) is 11.9 Å². The summed E-state index contributed by atoms with van der Waals surface area (Å²) in [5, 5.41) is 4.07. The van der Waals surface area contributed by atoms with Gasteiger partial charge in [-0.2, -0.15) is 0 Å². The predicted molar refractivity (Wildman–Crippen MR) is 85.8 cm³/mol. The monoisotopic (exact) mass is 291 g/mol. The Morgan fingerprint density at radius 2 is 1.91 bits per heavy atom. The molecule has 1 aliphatic rings. The average molecular weight is 291 g/mol. The van der Waals surface area contributed by atoms with E-state index in [2.05, 4.69) is 23.5 Å². The Balaban J connectivity index is 1.60. The molecule has 4 rings (SSSR count). The Hall–Kier alpha value is -2.55. The van der Waals surface area contributed by atoms with E-state index in [1.807, 2.05) is 30.3 Å². The van der Waals surface area contributed by atoms with Gasteiger partial charge in [0.25, 0.3) is 5.91 Å². The largest absolute Gasteiger partial charge is 0.451 e. The molecule has 1 aliphatic carbocycles. The molecular weight excluding hydrogens is 274 g/mol. The third-order valence-corrected chi connectivity index (χ3v) is 4.32. The van der Waals surface area contributed by atoms with Crippen molar-refractivity contribution in [2.75, 3.05) is 0 Å². The van der Waals surface area contributed by atoms with Gasteiger partial charge in [0, 0.05) is 5.39 Å². The van der Waals surface area contributed by atoms with Gasteiger partial charge in [-0.1, -0.05) is 42.5 Å². The van der Waals surface area contributed by atoms with Crippen molar-refractivity contribution in [3.05, 3.63) is 71.5 Å². The number of para-hydroxylation sites is 1. The number of benzene rings is 2. The fourth-order valence-electron chi connectivity index (χ4n) is 3.23. The second-order valence-corrected chi connectivity index (χ2v) is 5.77. The van der Waals surface area contributed by atoms with Crippen LogP contribution in [0.1, 0.15) is 40.6 Å². The molecule has 0 spiro atoms. The summed E-state index contributed by atoms with van der Waals surface area (Å²) >= 11 is 0. The molecule has 1 amide bonds. The fourth-order valence-corrected chi connectivity index (χ4v) is 3.23. The van der Waals surface area contributed by atoms with Crippen molar-refractivity contribution in [3.63, 3.8) is 0 Å². The topological polar surface area (TPSA) is 42.2 Å². The molecule has 0 saturated heterocycles. The second-order valence-electron chi connectivity index (χ2n) is 5.77. The van der Waals surface area contributed by atoms with Crippen LogP contribution in [0.4, 0.5) is 0 Å². The lowest BCUT2D eigenvalue weighted by Gasteiger charge is -2.25. The number of fused-ring (bicyclic) bond motifs is 2. The van der Waals surface area contributed by atoms with Crippen molar-refractivity contribution >= 4 is 16.9 Å². The molecule has 1 atom stereocenters. The van der Waals surface area contributed by atoms with Gasteiger partial charge in [-0.05, 0) is 42.5 Å². The predicted octanol–water partition coefficient (Wildman–Crippen LogP) is 4.24. The first kappa shape index (κ1) is 13.1. The minimum absolute atomic E-state index is 0.0747. The van der Waals surface area contributed by atoms with E-state index in [4.69, 9.17) is 4.42 Å². The van der Waals surface area contributed by atoms with Crippen molar-refractivity contribution in [1.82, 2.24) is 5.32 Å². The van der Waals surface area contributed by atoms with Crippen molar-refractivity contribution in [2.45, 2.75) is 25.3 Å². The molecule has 2 aromatic carbocycles. The molecular formula is C19H17NO2. The first-order chi connectivity index (χ1) is 10.8. The summed E-state index contributed by atoms with van der Waals surface area (Å²) < 4.78 is 5.65. The van der Waals surface area contributed by atoms with Gasteiger partial charge in [0.2, 0.25) is 0 Å². The lowest BCUT2D eigenvalue weighted by Crippen LogP contribution is -2.30. The van der Waals surface area contributed by atoms with E-state index >= 15 is 0 Å². The highest BCUT2D eigenvalue weighted by Crippen LogP contribution is 2.30. The van der Waals surface area contributed by atoms with Crippen molar-refractivity contribution in [2.24, 2.45) is 0 Å². The summed E-state index contributed by atoms with van der Waals surface area (Å²) in [6, 6.07) is 17.9. The molecule has 0 aliphatic heterocycles. The number of hydrogen-bond acceptors (Lipinski definition) is 2. The van der Waals surface area contributed by atoms with Gasteiger partial charge in [0.1, 0.15) is 5.58 Å². The SMILES string of the molecule is O=C(N[C@H]1CCCc2ccccc21)c1cc2ccccc2o1. The highest BCUT2D eigenvalue weighted by atomic mass is 16.3. The summed E-state index contributed by atoms with van der Waals surface area (Å²) in [5.41, 5.74) is 3.32. The van der Waals surface area contributed by atoms with Crippen LogP contribution in [-0.4, -0.2) is 5.91 Å². The number of carbonyl (C=O) groups excluding carboxylic acids is 1. The van der Waals surface area contributed by atoms with Gasteiger partial charge in [-0.3, -0.25) is 4.79 Å². The van der Waals surface area contributed by atoms with Crippen LogP contribution in [0.3, 0.4) is 0 Å². The van der Waals surface area contributed by atoms with E-state index < -0.39 is 0 Å². The third-order valence-electron chi connectivity index (χ3n) is 4.32. The summed E-state index contributed by atoms with van der Waals surface area (Å²) in [6.45, 7) is 0. The average Bonchev–Trinajstić information content (AvgIpc) is 2.99. The number of carbonyl (C=O) groups is 1. The molecule has 0 radical (unpaired) electrons. The molecule has 3 heteroatoms. The highest BCUT2D eigenvalue weighted by molar-refractivity contribution is 5.96. The Morgan fingerprint density at radius 3 is 2.82 bits per heavy atom. The molecule has 0 unspecified atom stereocenters. The molecule has 3 aromatic rings. The lowest BCUT2D eigenvalue weighted by molar-refractivity contribution is 0.0907. The summed E-state index contributed by atoms with van der Waals surface area (Å²) in [7, 11) is 0. The van der Waals surface area contributed by atoms with Crippen LogP contribution in [0, 0.1) is 0 Å². The van der Waals surface area contributed by atoms with E-state index in [0.717, 1.165) is 30.2 Å². The standard InChI is InChI=1S/C19H17NO2/c21-19(18-12-14-7-2-4-11-17(14)22-18)20-16-10-5-8-13-6-1-3-9-15(13)16/h1-4,6-7,9,11-12,16H,5,8,10H2,(H,20,21)/t16-/m0/s1. The Morgan fingerprint density at radius 1 is 1.09 bits per heavy atom. The molecule has 110 valence electrons. The molecule has 1 heterocycles. The smallest absolute Gasteiger partial charge is 0.287 e. The number of rotatable bonds is 2. The van der Waals surface area contributed by atoms with Gasteiger partial charge in [0.05, 0.1) is 6.04 Å². The minimum atomic E-state index is -0.141. The maximum Gasteiger partial charge on any atom is 0.287 e. The van der Waals surface area contributed by atoms with Crippen LogP contribution in [0.5, 0.6) is 0 Å². The maximum absolute atomic E-state index is 12.5. The molecule has 1 aromatic heterocycles. The van der Waals surface area contributed by atoms with Crippen LogP contribution in [0.2, 0.25) is 0 Å². The molecule has 1 N–H and O–H groups in total. The zero-order chi connectivity index (χ0) is 14.9. The Bertz CT molecular complexity index is 801. The lowest BCUT2D eigenvalue weighted by atomic mass is 9.88. The summed E-state index contributed by atoms with van der Waals surface area (Å²) in [4.78, 5) is 12.5. The van der Waals surface area contributed by atoms with E-state index in [1.54, 1.807) is 6.07 Å². The van der Waals surface area contributed by atoms with Crippen LogP contribution >= 0.6 is 0 Å². The van der Waals surface area contributed by atoms with Crippen LogP contribution in [0.25, 0.3) is 11.0 Å². The van der Waals surface area contributed by atoms with Crippen molar-refractivity contribution < 1.29 is 9.21 Å². The van der Waals surface area contributed by atoms with Crippen LogP contribution in [0.15, 0.2) is 59.0 Å². The summed E-state index contributed by atoms with van der Waals surface area (Å²) in [5.74, 6) is 0.238.